The standard InChI is InChI=1S/C14H18F2O2/c15-11-5-10(6-12(16)8-11)7-13(17)9-14-3-1-2-4-18-14/h5-6,8,13-14,17H,1-4,7,9H2. The number of ether oxygens (including phenoxy) is 1. The molecule has 1 N–H and O–H groups in total. The van der Waals surface area contributed by atoms with E-state index >= 15 is 0 Å². The van der Waals surface area contributed by atoms with Gasteiger partial charge in [0.25, 0.3) is 0 Å². The molecule has 2 atom stereocenters. The van der Waals surface area contributed by atoms with E-state index < -0.39 is 17.7 Å². The Morgan fingerprint density at radius 2 is 1.94 bits per heavy atom. The van der Waals surface area contributed by atoms with E-state index in [0.717, 1.165) is 31.9 Å². The van der Waals surface area contributed by atoms with Crippen LogP contribution in [0.1, 0.15) is 31.2 Å². The Kier molecular flexibility index (Phi) is 4.66. The maximum absolute atomic E-state index is 13.0. The number of aliphatic hydroxyl groups is 1. The fourth-order valence-corrected chi connectivity index (χ4v) is 2.38. The maximum atomic E-state index is 13.0. The molecule has 4 heteroatoms. The number of halogens is 2. The predicted molar refractivity (Wildman–Crippen MR) is 64.3 cm³/mol. The van der Waals surface area contributed by atoms with Gasteiger partial charge in [0.2, 0.25) is 0 Å². The van der Waals surface area contributed by atoms with Crippen LogP contribution in [0.15, 0.2) is 18.2 Å². The average molecular weight is 256 g/mol. The summed E-state index contributed by atoms with van der Waals surface area (Å²) < 4.78 is 31.5. The minimum Gasteiger partial charge on any atom is -0.393 e. The van der Waals surface area contributed by atoms with Gasteiger partial charge in [-0.3, -0.25) is 0 Å². The fourth-order valence-electron chi connectivity index (χ4n) is 2.38. The van der Waals surface area contributed by atoms with Crippen molar-refractivity contribution in [3.8, 4) is 0 Å². The van der Waals surface area contributed by atoms with Crippen molar-refractivity contribution in [1.29, 1.82) is 0 Å². The minimum absolute atomic E-state index is 0.0761. The second-order valence-electron chi connectivity index (χ2n) is 4.86. The van der Waals surface area contributed by atoms with Gasteiger partial charge in [-0.25, -0.2) is 8.78 Å². The van der Waals surface area contributed by atoms with Crippen LogP contribution in [0, 0.1) is 11.6 Å². The van der Waals surface area contributed by atoms with E-state index in [9.17, 15) is 13.9 Å². The van der Waals surface area contributed by atoms with Crippen molar-refractivity contribution in [2.45, 2.75) is 44.3 Å². The molecule has 1 fully saturated rings. The molecular formula is C14H18F2O2. The van der Waals surface area contributed by atoms with Gasteiger partial charge in [0.1, 0.15) is 11.6 Å². The number of hydrogen-bond donors (Lipinski definition) is 1. The molecule has 2 rings (SSSR count). The molecule has 1 aromatic rings. The molecule has 2 unspecified atom stereocenters. The molecule has 1 aliphatic rings. The summed E-state index contributed by atoms with van der Waals surface area (Å²) in [5.41, 5.74) is 0.482. The lowest BCUT2D eigenvalue weighted by Gasteiger charge is -2.24. The van der Waals surface area contributed by atoms with Crippen LogP contribution < -0.4 is 0 Å². The van der Waals surface area contributed by atoms with Crippen LogP contribution >= 0.6 is 0 Å². The summed E-state index contributed by atoms with van der Waals surface area (Å²) in [7, 11) is 0. The second-order valence-corrected chi connectivity index (χ2v) is 4.86. The van der Waals surface area contributed by atoms with E-state index in [0.29, 0.717) is 12.0 Å². The highest BCUT2D eigenvalue weighted by Gasteiger charge is 2.18. The van der Waals surface area contributed by atoms with Gasteiger partial charge >= 0.3 is 0 Å². The van der Waals surface area contributed by atoms with Gasteiger partial charge in [-0.15, -0.1) is 0 Å². The molecule has 0 radical (unpaired) electrons. The molecule has 1 aromatic carbocycles. The highest BCUT2D eigenvalue weighted by molar-refractivity contribution is 5.18. The molecule has 18 heavy (non-hydrogen) atoms. The van der Waals surface area contributed by atoms with E-state index in [-0.39, 0.29) is 12.5 Å². The third-order valence-electron chi connectivity index (χ3n) is 3.20. The third kappa shape index (κ3) is 4.03. The lowest BCUT2D eigenvalue weighted by molar-refractivity contribution is -0.0147. The van der Waals surface area contributed by atoms with Gasteiger partial charge in [0.15, 0.2) is 0 Å². The molecule has 0 spiro atoms. The van der Waals surface area contributed by atoms with Crippen LogP contribution in [0.25, 0.3) is 0 Å². The molecule has 1 aliphatic heterocycles. The van der Waals surface area contributed by atoms with Crippen molar-refractivity contribution < 1.29 is 18.6 Å². The fraction of sp³-hybridized carbons (Fsp3) is 0.571. The number of aliphatic hydroxyl groups excluding tert-OH is 1. The van der Waals surface area contributed by atoms with Crippen LogP contribution in [0.4, 0.5) is 8.78 Å². The maximum Gasteiger partial charge on any atom is 0.126 e. The zero-order valence-electron chi connectivity index (χ0n) is 10.2. The Labute approximate surface area is 106 Å². The molecular weight excluding hydrogens is 238 g/mol. The number of hydrogen-bond acceptors (Lipinski definition) is 2. The lowest BCUT2D eigenvalue weighted by atomic mass is 9.99. The summed E-state index contributed by atoms with van der Waals surface area (Å²) in [6.07, 6.45) is 3.39. The molecule has 1 saturated heterocycles. The first-order valence-corrected chi connectivity index (χ1v) is 6.38. The average Bonchev–Trinajstić information content (AvgIpc) is 2.28. The third-order valence-corrected chi connectivity index (χ3v) is 3.20. The van der Waals surface area contributed by atoms with Crippen LogP contribution in [0.2, 0.25) is 0 Å². The smallest absolute Gasteiger partial charge is 0.126 e. The molecule has 0 saturated carbocycles. The van der Waals surface area contributed by atoms with E-state index in [2.05, 4.69) is 0 Å². The first-order chi connectivity index (χ1) is 8.63. The highest BCUT2D eigenvalue weighted by atomic mass is 19.1. The van der Waals surface area contributed by atoms with E-state index in [4.69, 9.17) is 4.74 Å². The molecule has 2 nitrogen and oxygen atoms in total. The second kappa shape index (κ2) is 6.25. The number of rotatable bonds is 4. The molecule has 0 aromatic heterocycles. The van der Waals surface area contributed by atoms with E-state index in [1.807, 2.05) is 0 Å². The zero-order valence-corrected chi connectivity index (χ0v) is 10.2. The summed E-state index contributed by atoms with van der Waals surface area (Å²) in [4.78, 5) is 0. The monoisotopic (exact) mass is 256 g/mol. The molecule has 0 amide bonds. The quantitative estimate of drug-likeness (QED) is 0.897. The molecule has 0 bridgehead atoms. The Morgan fingerprint density at radius 3 is 2.56 bits per heavy atom. The summed E-state index contributed by atoms with van der Waals surface area (Å²) in [5, 5.41) is 9.91. The van der Waals surface area contributed by atoms with Crippen LogP contribution in [0.5, 0.6) is 0 Å². The van der Waals surface area contributed by atoms with Gasteiger partial charge in [0, 0.05) is 12.7 Å². The Morgan fingerprint density at radius 1 is 1.22 bits per heavy atom. The number of benzene rings is 1. The van der Waals surface area contributed by atoms with Gasteiger partial charge in [0.05, 0.1) is 12.2 Å². The van der Waals surface area contributed by atoms with Crippen molar-refractivity contribution in [2.75, 3.05) is 6.61 Å². The Bertz CT molecular complexity index is 369. The van der Waals surface area contributed by atoms with Gasteiger partial charge in [-0.1, -0.05) is 0 Å². The Balaban J connectivity index is 1.87. The zero-order chi connectivity index (χ0) is 13.0. The van der Waals surface area contributed by atoms with Crippen LogP contribution in [-0.4, -0.2) is 23.9 Å². The first kappa shape index (κ1) is 13.4. The van der Waals surface area contributed by atoms with Crippen LogP contribution in [0.3, 0.4) is 0 Å². The SMILES string of the molecule is OC(Cc1cc(F)cc(F)c1)CC1CCCCO1. The van der Waals surface area contributed by atoms with Gasteiger partial charge in [-0.2, -0.15) is 0 Å². The largest absolute Gasteiger partial charge is 0.393 e. The molecule has 0 aliphatic carbocycles. The Hall–Kier alpha value is -1.00. The summed E-state index contributed by atoms with van der Waals surface area (Å²) in [6, 6.07) is 3.35. The topological polar surface area (TPSA) is 29.5 Å². The van der Waals surface area contributed by atoms with Gasteiger partial charge in [-0.05, 0) is 49.8 Å². The van der Waals surface area contributed by atoms with Crippen molar-refractivity contribution in [3.05, 3.63) is 35.4 Å². The predicted octanol–water partition coefficient (Wildman–Crippen LogP) is 2.83. The van der Waals surface area contributed by atoms with Crippen molar-refractivity contribution in [1.82, 2.24) is 0 Å². The van der Waals surface area contributed by atoms with Crippen molar-refractivity contribution in [3.63, 3.8) is 0 Å². The van der Waals surface area contributed by atoms with Crippen LogP contribution in [-0.2, 0) is 11.2 Å². The highest BCUT2D eigenvalue weighted by Crippen LogP contribution is 2.19. The minimum atomic E-state index is -0.616. The lowest BCUT2D eigenvalue weighted by Crippen LogP contribution is -2.25. The first-order valence-electron chi connectivity index (χ1n) is 6.38. The van der Waals surface area contributed by atoms with Crippen molar-refractivity contribution >= 4 is 0 Å². The molecule has 100 valence electrons. The van der Waals surface area contributed by atoms with E-state index in [1.54, 1.807) is 0 Å². The van der Waals surface area contributed by atoms with E-state index in [1.165, 1.54) is 12.1 Å². The van der Waals surface area contributed by atoms with Gasteiger partial charge < -0.3 is 9.84 Å². The molecule has 1 heterocycles. The van der Waals surface area contributed by atoms with Crippen molar-refractivity contribution in [2.24, 2.45) is 0 Å². The summed E-state index contributed by atoms with van der Waals surface area (Å²) in [6.45, 7) is 0.742. The summed E-state index contributed by atoms with van der Waals surface area (Å²) in [5.74, 6) is -1.21. The summed E-state index contributed by atoms with van der Waals surface area (Å²) >= 11 is 0. The normalized spacial score (nSPS) is 21.8.